The molecule has 0 saturated carbocycles. The summed E-state index contributed by atoms with van der Waals surface area (Å²) in [5.74, 6) is 5.48. The predicted molar refractivity (Wildman–Crippen MR) is 74.2 cm³/mol. The van der Waals surface area contributed by atoms with Gasteiger partial charge in [0.05, 0.1) is 31.7 Å². The fourth-order valence-corrected chi connectivity index (χ4v) is 1.54. The number of aromatic nitrogens is 3. The Labute approximate surface area is 122 Å². The maximum Gasteiger partial charge on any atom is 0.151 e. The van der Waals surface area contributed by atoms with Gasteiger partial charge in [-0.3, -0.25) is 9.59 Å². The summed E-state index contributed by atoms with van der Waals surface area (Å²) in [5.41, 5.74) is 6.68. The second kappa shape index (κ2) is 8.12. The van der Waals surface area contributed by atoms with Crippen LogP contribution in [0.3, 0.4) is 0 Å². The topological polar surface area (TPSA) is 129 Å². The van der Waals surface area contributed by atoms with Crippen molar-refractivity contribution < 1.29 is 14.3 Å². The monoisotopic (exact) mass is 296 g/mol. The molecule has 1 heterocycles. The number of ether oxygens (including phenoxy) is 1. The molecule has 9 heteroatoms. The first-order valence-corrected chi connectivity index (χ1v) is 6.30. The van der Waals surface area contributed by atoms with Gasteiger partial charge in [-0.05, 0) is 13.8 Å². The van der Waals surface area contributed by atoms with Crippen LogP contribution in [0.5, 0.6) is 0 Å². The molecule has 21 heavy (non-hydrogen) atoms. The molecule has 0 aliphatic heterocycles. The van der Waals surface area contributed by atoms with E-state index in [9.17, 15) is 9.59 Å². The Morgan fingerprint density at radius 3 is 2.76 bits per heavy atom. The van der Waals surface area contributed by atoms with E-state index in [4.69, 9.17) is 16.3 Å². The number of Topliss-reactive ketones (excluding diaryl/α,β-unsaturated/α-hetero) is 2. The molecule has 1 rings (SSSR count). The van der Waals surface area contributed by atoms with Gasteiger partial charge in [0.25, 0.3) is 0 Å². The van der Waals surface area contributed by atoms with E-state index in [0.717, 1.165) is 0 Å². The highest BCUT2D eigenvalue weighted by Gasteiger charge is 2.04. The zero-order chi connectivity index (χ0) is 15.8. The van der Waals surface area contributed by atoms with E-state index in [2.05, 4.69) is 10.3 Å². The highest BCUT2D eigenvalue weighted by Crippen LogP contribution is 1.98. The van der Waals surface area contributed by atoms with E-state index >= 15 is 0 Å². The molecule has 0 saturated heterocycles. The molecule has 0 amide bonds. The van der Waals surface area contributed by atoms with Crippen molar-refractivity contribution in [3.05, 3.63) is 23.8 Å². The molecule has 1 aromatic heterocycles. The highest BCUT2D eigenvalue weighted by molar-refractivity contribution is 5.77. The van der Waals surface area contributed by atoms with Crippen LogP contribution in [-0.4, -0.2) is 44.7 Å². The molecular formula is C12H20N6O3. The molecule has 4 N–H and O–H groups in total. The quantitative estimate of drug-likeness (QED) is 0.436. The highest BCUT2D eigenvalue weighted by atomic mass is 16.5. The molecule has 0 unspecified atom stereocenters. The van der Waals surface area contributed by atoms with Crippen LogP contribution in [0.1, 0.15) is 19.5 Å². The lowest BCUT2D eigenvalue weighted by Gasteiger charge is -2.12. The van der Waals surface area contributed by atoms with Gasteiger partial charge < -0.3 is 15.5 Å². The first-order valence-electron chi connectivity index (χ1n) is 6.30. The first kappa shape index (κ1) is 16.8. The number of carbonyl (C=O) groups excluding carboxylic acids is 2. The Morgan fingerprint density at radius 2 is 2.14 bits per heavy atom. The standard InChI is InChI=1S/C12H20N6O3/c1-9(19)3-17(14)5-11(13)7-21-8-12-6-18(16-15-12)4-10(2)20/h5-6H,3-4,7-8,13-14H2,1-2H3/b11-5-. The summed E-state index contributed by atoms with van der Waals surface area (Å²) in [6.07, 6.45) is 3.07. The van der Waals surface area contributed by atoms with Crippen LogP contribution in [0.25, 0.3) is 0 Å². The maximum atomic E-state index is 10.9. The average molecular weight is 296 g/mol. The van der Waals surface area contributed by atoms with Crippen molar-refractivity contribution in [3.8, 4) is 0 Å². The third-order valence-electron chi connectivity index (χ3n) is 2.23. The Hall–Kier alpha value is -2.26. The van der Waals surface area contributed by atoms with Gasteiger partial charge in [-0.1, -0.05) is 5.21 Å². The summed E-state index contributed by atoms with van der Waals surface area (Å²) >= 11 is 0. The fourth-order valence-electron chi connectivity index (χ4n) is 1.54. The van der Waals surface area contributed by atoms with Crippen molar-refractivity contribution in [2.45, 2.75) is 27.0 Å². The minimum Gasteiger partial charge on any atom is -0.399 e. The summed E-state index contributed by atoms with van der Waals surface area (Å²) in [5, 5.41) is 8.85. The summed E-state index contributed by atoms with van der Waals surface area (Å²) in [7, 11) is 0. The van der Waals surface area contributed by atoms with E-state index in [1.54, 1.807) is 6.20 Å². The summed E-state index contributed by atoms with van der Waals surface area (Å²) in [6, 6.07) is 0. The van der Waals surface area contributed by atoms with Gasteiger partial charge in [0.15, 0.2) is 11.6 Å². The molecule has 0 spiro atoms. The van der Waals surface area contributed by atoms with Crippen LogP contribution >= 0.6 is 0 Å². The number of nitrogens with zero attached hydrogens (tertiary/aromatic N) is 4. The van der Waals surface area contributed by atoms with Crippen LogP contribution in [0, 0.1) is 0 Å². The molecular weight excluding hydrogens is 276 g/mol. The average Bonchev–Trinajstić information content (AvgIpc) is 2.74. The van der Waals surface area contributed by atoms with E-state index in [1.165, 1.54) is 29.7 Å². The van der Waals surface area contributed by atoms with Gasteiger partial charge >= 0.3 is 0 Å². The van der Waals surface area contributed by atoms with Gasteiger partial charge in [-0.2, -0.15) is 0 Å². The Bertz CT molecular complexity index is 525. The summed E-state index contributed by atoms with van der Waals surface area (Å²) in [6.45, 7) is 3.53. The number of hydrazine groups is 1. The van der Waals surface area contributed by atoms with Crippen molar-refractivity contribution in [1.82, 2.24) is 20.0 Å². The molecule has 0 bridgehead atoms. The van der Waals surface area contributed by atoms with Crippen LogP contribution < -0.4 is 11.6 Å². The number of hydrogen-bond donors (Lipinski definition) is 2. The molecule has 1 aromatic rings. The Kier molecular flexibility index (Phi) is 6.50. The molecule has 9 nitrogen and oxygen atoms in total. The Morgan fingerprint density at radius 1 is 1.43 bits per heavy atom. The zero-order valence-corrected chi connectivity index (χ0v) is 12.2. The van der Waals surface area contributed by atoms with Gasteiger partial charge in [-0.25, -0.2) is 10.5 Å². The lowest BCUT2D eigenvalue weighted by Crippen LogP contribution is -2.31. The van der Waals surface area contributed by atoms with Crippen molar-refractivity contribution in [3.63, 3.8) is 0 Å². The lowest BCUT2D eigenvalue weighted by molar-refractivity contribution is -0.118. The van der Waals surface area contributed by atoms with Crippen LogP contribution in [0.15, 0.2) is 18.1 Å². The molecule has 116 valence electrons. The van der Waals surface area contributed by atoms with Gasteiger partial charge in [0.1, 0.15) is 12.2 Å². The third-order valence-corrected chi connectivity index (χ3v) is 2.23. The van der Waals surface area contributed by atoms with Crippen molar-refractivity contribution in [1.29, 1.82) is 0 Å². The van der Waals surface area contributed by atoms with E-state index in [-0.39, 0.29) is 37.9 Å². The van der Waals surface area contributed by atoms with Gasteiger partial charge in [0, 0.05) is 6.20 Å². The zero-order valence-electron chi connectivity index (χ0n) is 12.2. The number of nitrogens with two attached hydrogens (primary N) is 2. The number of carbonyl (C=O) groups is 2. The number of hydrogen-bond acceptors (Lipinski definition) is 8. The lowest BCUT2D eigenvalue weighted by atomic mass is 10.4. The predicted octanol–water partition coefficient (Wildman–Crippen LogP) is -1.05. The minimum absolute atomic E-state index is 0.00643. The summed E-state index contributed by atoms with van der Waals surface area (Å²) < 4.78 is 6.78. The smallest absolute Gasteiger partial charge is 0.151 e. The number of ketones is 2. The SMILES string of the molecule is CC(=O)CN(N)/C=C(\N)COCc1cn(CC(C)=O)nn1. The van der Waals surface area contributed by atoms with Crippen LogP contribution in [0.4, 0.5) is 0 Å². The van der Waals surface area contributed by atoms with Crippen LogP contribution in [-0.2, 0) is 27.5 Å². The molecule has 0 radical (unpaired) electrons. The van der Waals surface area contributed by atoms with E-state index in [1.807, 2.05) is 0 Å². The summed E-state index contributed by atoms with van der Waals surface area (Å²) in [4.78, 5) is 21.8. The molecule has 0 aliphatic carbocycles. The molecule has 0 aliphatic rings. The van der Waals surface area contributed by atoms with E-state index < -0.39 is 0 Å². The van der Waals surface area contributed by atoms with Gasteiger partial charge in [-0.15, -0.1) is 5.10 Å². The second-order valence-electron chi connectivity index (χ2n) is 4.68. The number of rotatable bonds is 9. The van der Waals surface area contributed by atoms with Crippen molar-refractivity contribution in [2.75, 3.05) is 13.2 Å². The second-order valence-corrected chi connectivity index (χ2v) is 4.68. The third kappa shape index (κ3) is 7.18. The largest absolute Gasteiger partial charge is 0.399 e. The van der Waals surface area contributed by atoms with Crippen molar-refractivity contribution >= 4 is 11.6 Å². The van der Waals surface area contributed by atoms with Crippen molar-refractivity contribution in [2.24, 2.45) is 11.6 Å². The van der Waals surface area contributed by atoms with E-state index in [0.29, 0.717) is 11.4 Å². The normalized spacial score (nSPS) is 11.5. The first-order chi connectivity index (χ1) is 9.86. The van der Waals surface area contributed by atoms with Crippen LogP contribution in [0.2, 0.25) is 0 Å². The molecule has 0 fully saturated rings. The van der Waals surface area contributed by atoms with Gasteiger partial charge in [0.2, 0.25) is 0 Å². The fraction of sp³-hybridized carbons (Fsp3) is 0.500. The maximum absolute atomic E-state index is 10.9. The Balaban J connectivity index is 2.35. The minimum atomic E-state index is -0.0652. The molecule has 0 atom stereocenters. The molecule has 0 aromatic carbocycles.